The molecule has 230 valence electrons. The van der Waals surface area contributed by atoms with Crippen molar-refractivity contribution in [2.24, 2.45) is 0 Å². The number of carbonyl (C=O) groups excluding carboxylic acids is 2. The fourth-order valence-electron chi connectivity index (χ4n) is 4.82. The van der Waals surface area contributed by atoms with E-state index in [-0.39, 0.29) is 17.3 Å². The van der Waals surface area contributed by atoms with E-state index in [0.717, 1.165) is 16.3 Å². The van der Waals surface area contributed by atoms with E-state index >= 15 is 0 Å². The summed E-state index contributed by atoms with van der Waals surface area (Å²) in [5.74, 6) is 0.441. The van der Waals surface area contributed by atoms with Gasteiger partial charge in [0.25, 0.3) is 10.0 Å². The normalized spacial score (nSPS) is 11.8. The summed E-state index contributed by atoms with van der Waals surface area (Å²) in [6, 6.07) is 32.8. The summed E-state index contributed by atoms with van der Waals surface area (Å²) in [7, 11) is -4.14. The molecule has 4 aromatic rings. The number of ether oxygens (including phenoxy) is 1. The van der Waals surface area contributed by atoms with Crippen LogP contribution in [0.15, 0.2) is 120 Å². The minimum Gasteiger partial charge on any atom is -0.457 e. The standard InChI is InChI=1S/C35H39N3O5S/c1-3-25-36-35(40)33(4-2)37(26-24-28-14-8-5-9-15-28)34(39)27-38(44(41,42)32-18-12-7-13-19-32)29-20-22-31(23-21-29)43-30-16-10-6-11-17-30/h5-23,33H,3-4,24-27H2,1-2H3,(H,36,40)/t33-/m0/s1. The van der Waals surface area contributed by atoms with Crippen molar-refractivity contribution < 1.29 is 22.7 Å². The smallest absolute Gasteiger partial charge is 0.264 e. The van der Waals surface area contributed by atoms with Gasteiger partial charge in [-0.1, -0.05) is 80.6 Å². The van der Waals surface area contributed by atoms with Crippen LogP contribution in [0.25, 0.3) is 0 Å². The molecule has 2 amide bonds. The lowest BCUT2D eigenvalue weighted by molar-refractivity contribution is -0.139. The van der Waals surface area contributed by atoms with Crippen LogP contribution in [0.2, 0.25) is 0 Å². The largest absolute Gasteiger partial charge is 0.457 e. The Morgan fingerprint density at radius 3 is 1.93 bits per heavy atom. The molecular weight excluding hydrogens is 574 g/mol. The number of nitrogens with one attached hydrogen (secondary N) is 1. The highest BCUT2D eigenvalue weighted by atomic mass is 32.2. The van der Waals surface area contributed by atoms with Gasteiger partial charge in [-0.3, -0.25) is 13.9 Å². The van der Waals surface area contributed by atoms with Crippen LogP contribution in [0.1, 0.15) is 32.3 Å². The van der Waals surface area contributed by atoms with Gasteiger partial charge in [0.2, 0.25) is 11.8 Å². The molecule has 0 bridgehead atoms. The third-order valence-electron chi connectivity index (χ3n) is 7.13. The fraction of sp³-hybridized carbons (Fsp3) is 0.257. The molecule has 0 fully saturated rings. The number of para-hydroxylation sites is 1. The van der Waals surface area contributed by atoms with Crippen LogP contribution >= 0.6 is 0 Å². The van der Waals surface area contributed by atoms with E-state index in [2.05, 4.69) is 5.32 Å². The first-order chi connectivity index (χ1) is 21.3. The van der Waals surface area contributed by atoms with Crippen molar-refractivity contribution in [1.82, 2.24) is 10.2 Å². The molecule has 1 N–H and O–H groups in total. The Bertz CT molecular complexity index is 1580. The van der Waals surface area contributed by atoms with Crippen molar-refractivity contribution in [1.29, 1.82) is 0 Å². The predicted octanol–water partition coefficient (Wildman–Crippen LogP) is 6.05. The molecule has 8 nitrogen and oxygen atoms in total. The molecule has 0 saturated carbocycles. The van der Waals surface area contributed by atoms with E-state index < -0.39 is 28.5 Å². The third-order valence-corrected chi connectivity index (χ3v) is 8.92. The number of anilines is 1. The number of hydrogen-bond acceptors (Lipinski definition) is 5. The number of nitrogens with zero attached hydrogens (tertiary/aromatic N) is 2. The van der Waals surface area contributed by atoms with Crippen LogP contribution in [0, 0.1) is 0 Å². The fourth-order valence-corrected chi connectivity index (χ4v) is 6.25. The van der Waals surface area contributed by atoms with Gasteiger partial charge >= 0.3 is 0 Å². The Kier molecular flexibility index (Phi) is 11.5. The molecule has 0 spiro atoms. The Labute approximate surface area is 260 Å². The van der Waals surface area contributed by atoms with Gasteiger partial charge in [-0.25, -0.2) is 8.42 Å². The lowest BCUT2D eigenvalue weighted by atomic mass is 10.1. The Morgan fingerprint density at radius 1 is 0.773 bits per heavy atom. The number of carbonyl (C=O) groups is 2. The third kappa shape index (κ3) is 8.48. The van der Waals surface area contributed by atoms with Crippen molar-refractivity contribution in [3.05, 3.63) is 121 Å². The Hall–Kier alpha value is -4.63. The molecule has 0 radical (unpaired) electrons. The zero-order valence-electron chi connectivity index (χ0n) is 25.1. The number of sulfonamides is 1. The van der Waals surface area contributed by atoms with E-state index in [1.165, 1.54) is 17.0 Å². The van der Waals surface area contributed by atoms with Gasteiger partial charge < -0.3 is 15.0 Å². The SMILES string of the molecule is CCCNC(=O)[C@H](CC)N(CCc1ccccc1)C(=O)CN(c1ccc(Oc2ccccc2)cc1)S(=O)(=O)c1ccccc1. The molecule has 0 saturated heterocycles. The summed E-state index contributed by atoms with van der Waals surface area (Å²) >= 11 is 0. The van der Waals surface area contributed by atoms with E-state index in [4.69, 9.17) is 4.74 Å². The Morgan fingerprint density at radius 2 is 1.34 bits per heavy atom. The zero-order chi connectivity index (χ0) is 31.4. The van der Waals surface area contributed by atoms with Gasteiger partial charge in [0.05, 0.1) is 10.6 Å². The quantitative estimate of drug-likeness (QED) is 0.176. The number of hydrogen-bond donors (Lipinski definition) is 1. The monoisotopic (exact) mass is 613 g/mol. The van der Waals surface area contributed by atoms with Crippen molar-refractivity contribution in [2.75, 3.05) is 23.9 Å². The van der Waals surface area contributed by atoms with Crippen LogP contribution in [0.4, 0.5) is 5.69 Å². The van der Waals surface area contributed by atoms with E-state index in [1.807, 2.05) is 74.5 Å². The lowest BCUT2D eigenvalue weighted by Crippen LogP contribution is -2.53. The number of benzene rings is 4. The van der Waals surface area contributed by atoms with Gasteiger partial charge in [-0.2, -0.15) is 0 Å². The van der Waals surface area contributed by atoms with Gasteiger partial charge in [0.15, 0.2) is 0 Å². The molecule has 4 aromatic carbocycles. The molecule has 1 atom stereocenters. The second-order valence-corrected chi connectivity index (χ2v) is 12.1. The highest BCUT2D eigenvalue weighted by Crippen LogP contribution is 2.28. The van der Waals surface area contributed by atoms with E-state index in [0.29, 0.717) is 36.6 Å². The zero-order valence-corrected chi connectivity index (χ0v) is 26.0. The molecular formula is C35H39N3O5S. The molecule has 9 heteroatoms. The first kappa shape index (κ1) is 32.3. The Balaban J connectivity index is 1.67. The molecule has 4 rings (SSSR count). The number of amides is 2. The van der Waals surface area contributed by atoms with Crippen LogP contribution < -0.4 is 14.4 Å². The average molecular weight is 614 g/mol. The van der Waals surface area contributed by atoms with Crippen LogP contribution in [-0.4, -0.2) is 50.8 Å². The maximum atomic E-state index is 14.1. The predicted molar refractivity (Wildman–Crippen MR) is 173 cm³/mol. The average Bonchev–Trinajstić information content (AvgIpc) is 3.06. The van der Waals surface area contributed by atoms with Crippen LogP contribution in [-0.2, 0) is 26.0 Å². The van der Waals surface area contributed by atoms with Gasteiger partial charge in [-0.05, 0) is 73.4 Å². The lowest BCUT2D eigenvalue weighted by Gasteiger charge is -2.33. The molecule has 0 aliphatic heterocycles. The highest BCUT2D eigenvalue weighted by Gasteiger charge is 2.33. The summed E-state index contributed by atoms with van der Waals surface area (Å²) in [4.78, 5) is 28.9. The van der Waals surface area contributed by atoms with Crippen molar-refractivity contribution in [2.45, 2.75) is 44.0 Å². The topological polar surface area (TPSA) is 96.0 Å². The number of rotatable bonds is 15. The molecule has 0 aliphatic rings. The van der Waals surface area contributed by atoms with E-state index in [1.54, 1.807) is 42.5 Å². The molecule has 0 heterocycles. The summed E-state index contributed by atoms with van der Waals surface area (Å²) < 4.78 is 35.0. The minimum atomic E-state index is -4.14. The van der Waals surface area contributed by atoms with Gasteiger partial charge in [0.1, 0.15) is 24.1 Å². The van der Waals surface area contributed by atoms with Gasteiger partial charge in [-0.15, -0.1) is 0 Å². The summed E-state index contributed by atoms with van der Waals surface area (Å²) in [6.07, 6.45) is 1.65. The van der Waals surface area contributed by atoms with Crippen molar-refractivity contribution in [3.8, 4) is 11.5 Å². The van der Waals surface area contributed by atoms with Crippen molar-refractivity contribution in [3.63, 3.8) is 0 Å². The van der Waals surface area contributed by atoms with Crippen molar-refractivity contribution >= 4 is 27.5 Å². The molecule has 44 heavy (non-hydrogen) atoms. The van der Waals surface area contributed by atoms with Gasteiger partial charge in [0, 0.05) is 13.1 Å². The molecule has 0 aromatic heterocycles. The van der Waals surface area contributed by atoms with Crippen LogP contribution in [0.3, 0.4) is 0 Å². The van der Waals surface area contributed by atoms with Crippen LogP contribution in [0.5, 0.6) is 11.5 Å². The highest BCUT2D eigenvalue weighted by molar-refractivity contribution is 7.92. The maximum Gasteiger partial charge on any atom is 0.264 e. The summed E-state index contributed by atoms with van der Waals surface area (Å²) in [5.41, 5.74) is 1.31. The molecule has 0 unspecified atom stereocenters. The summed E-state index contributed by atoms with van der Waals surface area (Å²) in [5, 5.41) is 2.91. The first-order valence-corrected chi connectivity index (χ1v) is 16.3. The van der Waals surface area contributed by atoms with E-state index in [9.17, 15) is 18.0 Å². The maximum absolute atomic E-state index is 14.1. The summed E-state index contributed by atoms with van der Waals surface area (Å²) in [6.45, 7) is 4.07. The second-order valence-electron chi connectivity index (χ2n) is 10.3. The molecule has 0 aliphatic carbocycles. The first-order valence-electron chi connectivity index (χ1n) is 14.8. The minimum absolute atomic E-state index is 0.0565. The second kappa shape index (κ2) is 15.7.